The van der Waals surface area contributed by atoms with E-state index in [2.05, 4.69) is 76.0 Å². The fourth-order valence-corrected chi connectivity index (χ4v) is 4.77. The van der Waals surface area contributed by atoms with Crippen molar-refractivity contribution in [3.8, 4) is 0 Å². The fourth-order valence-electron chi connectivity index (χ4n) is 4.77. The number of aryl methyl sites for hydroxylation is 1. The second-order valence-electron chi connectivity index (χ2n) is 9.29. The number of hydrogen-bond donors (Lipinski definition) is 2. The summed E-state index contributed by atoms with van der Waals surface area (Å²) in [6.07, 6.45) is 3.90. The quantitative estimate of drug-likeness (QED) is 0.297. The van der Waals surface area contributed by atoms with Crippen molar-refractivity contribution in [3.05, 3.63) is 70.8 Å². The predicted octanol–water partition coefficient (Wildman–Crippen LogP) is 4.07. The first kappa shape index (κ1) is 26.5. The van der Waals surface area contributed by atoms with Crippen molar-refractivity contribution in [3.63, 3.8) is 0 Å². The third kappa shape index (κ3) is 7.43. The standard InChI is InChI=1S/C27H37N5O.HI/c1-21-7-3-4-10-24(21)20-31-15-12-25(13-16-31)30-27(28-2)29-18-22-8-5-9-23(17-22)19-32-14-6-11-26(32)33;/h3-5,7-10,17,25H,6,11-16,18-20H2,1-2H3,(H2,28,29,30);1H. The molecule has 2 aliphatic heterocycles. The highest BCUT2D eigenvalue weighted by Gasteiger charge is 2.21. The van der Waals surface area contributed by atoms with Crippen molar-refractivity contribution >= 4 is 35.8 Å². The summed E-state index contributed by atoms with van der Waals surface area (Å²) < 4.78 is 0. The van der Waals surface area contributed by atoms with Crippen LogP contribution in [0.1, 0.15) is 47.9 Å². The van der Waals surface area contributed by atoms with Crippen LogP contribution in [-0.2, 0) is 24.4 Å². The van der Waals surface area contributed by atoms with Crippen LogP contribution in [0.5, 0.6) is 0 Å². The van der Waals surface area contributed by atoms with E-state index >= 15 is 0 Å². The van der Waals surface area contributed by atoms with Gasteiger partial charge in [0.1, 0.15) is 0 Å². The molecule has 0 aromatic heterocycles. The number of rotatable bonds is 7. The number of benzene rings is 2. The average Bonchev–Trinajstić information content (AvgIpc) is 3.23. The number of nitrogens with zero attached hydrogens (tertiary/aromatic N) is 3. The van der Waals surface area contributed by atoms with E-state index in [9.17, 15) is 4.79 Å². The van der Waals surface area contributed by atoms with Crippen molar-refractivity contribution in [2.24, 2.45) is 4.99 Å². The molecule has 184 valence electrons. The van der Waals surface area contributed by atoms with Crippen LogP contribution in [0.15, 0.2) is 53.5 Å². The minimum absolute atomic E-state index is 0. The van der Waals surface area contributed by atoms with Gasteiger partial charge in [-0.25, -0.2) is 0 Å². The number of amides is 1. The molecular weight excluding hydrogens is 537 g/mol. The third-order valence-corrected chi connectivity index (χ3v) is 6.80. The van der Waals surface area contributed by atoms with E-state index < -0.39 is 0 Å². The zero-order valence-corrected chi connectivity index (χ0v) is 22.8. The molecule has 4 rings (SSSR count). The summed E-state index contributed by atoms with van der Waals surface area (Å²) in [5, 5.41) is 7.08. The molecule has 0 aliphatic carbocycles. The molecule has 7 heteroatoms. The van der Waals surface area contributed by atoms with E-state index in [1.807, 2.05) is 11.9 Å². The normalized spacial score (nSPS) is 17.5. The number of aliphatic imine (C=N–C) groups is 1. The summed E-state index contributed by atoms with van der Waals surface area (Å²) in [6, 6.07) is 17.6. The van der Waals surface area contributed by atoms with Crippen LogP contribution in [0.4, 0.5) is 0 Å². The first-order valence-electron chi connectivity index (χ1n) is 12.2. The van der Waals surface area contributed by atoms with Crippen molar-refractivity contribution in [1.82, 2.24) is 20.4 Å². The molecule has 0 saturated carbocycles. The Morgan fingerprint density at radius 2 is 1.79 bits per heavy atom. The highest BCUT2D eigenvalue weighted by atomic mass is 127. The fraction of sp³-hybridized carbons (Fsp3) is 0.481. The number of nitrogens with one attached hydrogen (secondary N) is 2. The molecule has 0 spiro atoms. The SMILES string of the molecule is CN=C(NCc1cccc(CN2CCCC2=O)c1)NC1CCN(Cc2ccccc2C)CC1.I. The largest absolute Gasteiger partial charge is 0.354 e. The van der Waals surface area contributed by atoms with E-state index in [1.165, 1.54) is 22.3 Å². The van der Waals surface area contributed by atoms with Gasteiger partial charge in [-0.1, -0.05) is 48.5 Å². The monoisotopic (exact) mass is 575 g/mol. The van der Waals surface area contributed by atoms with Crippen LogP contribution in [0.25, 0.3) is 0 Å². The highest BCUT2D eigenvalue weighted by Crippen LogP contribution is 2.17. The van der Waals surface area contributed by atoms with Crippen molar-refractivity contribution in [1.29, 1.82) is 0 Å². The lowest BCUT2D eigenvalue weighted by Gasteiger charge is -2.33. The summed E-state index contributed by atoms with van der Waals surface area (Å²) in [4.78, 5) is 20.9. The molecule has 1 amide bonds. The molecule has 34 heavy (non-hydrogen) atoms. The average molecular weight is 576 g/mol. The minimum Gasteiger partial charge on any atom is -0.354 e. The number of carbonyl (C=O) groups is 1. The van der Waals surface area contributed by atoms with Crippen LogP contribution in [0.3, 0.4) is 0 Å². The Bertz CT molecular complexity index is 971. The number of piperidine rings is 1. The van der Waals surface area contributed by atoms with E-state index in [4.69, 9.17) is 0 Å². The van der Waals surface area contributed by atoms with E-state index in [0.29, 0.717) is 25.6 Å². The van der Waals surface area contributed by atoms with Crippen LogP contribution in [0, 0.1) is 6.92 Å². The maximum absolute atomic E-state index is 11.9. The number of hydrogen-bond acceptors (Lipinski definition) is 3. The van der Waals surface area contributed by atoms with Crippen molar-refractivity contribution in [2.75, 3.05) is 26.7 Å². The smallest absolute Gasteiger partial charge is 0.222 e. The molecule has 2 saturated heterocycles. The summed E-state index contributed by atoms with van der Waals surface area (Å²) >= 11 is 0. The predicted molar refractivity (Wildman–Crippen MR) is 149 cm³/mol. The molecule has 2 heterocycles. The van der Waals surface area contributed by atoms with Gasteiger partial charge in [-0.2, -0.15) is 0 Å². The molecule has 0 unspecified atom stereocenters. The topological polar surface area (TPSA) is 60.0 Å². The summed E-state index contributed by atoms with van der Waals surface area (Å²) in [5.41, 5.74) is 5.19. The summed E-state index contributed by atoms with van der Waals surface area (Å²) in [7, 11) is 1.83. The van der Waals surface area contributed by atoms with Crippen LogP contribution >= 0.6 is 24.0 Å². The summed E-state index contributed by atoms with van der Waals surface area (Å²) in [6.45, 7) is 7.73. The van der Waals surface area contributed by atoms with Gasteiger partial charge in [-0.3, -0.25) is 14.7 Å². The Balaban J connectivity index is 0.00000324. The zero-order valence-electron chi connectivity index (χ0n) is 20.4. The second-order valence-corrected chi connectivity index (χ2v) is 9.29. The van der Waals surface area contributed by atoms with Crippen molar-refractivity contribution in [2.45, 2.75) is 58.3 Å². The Hall–Kier alpha value is -2.13. The van der Waals surface area contributed by atoms with E-state index in [-0.39, 0.29) is 29.9 Å². The Morgan fingerprint density at radius 3 is 2.50 bits per heavy atom. The van der Waals surface area contributed by atoms with Gasteiger partial charge in [-0.05, 0) is 48.4 Å². The first-order valence-corrected chi connectivity index (χ1v) is 12.2. The van der Waals surface area contributed by atoms with Gasteiger partial charge in [-0.15, -0.1) is 24.0 Å². The maximum Gasteiger partial charge on any atom is 0.222 e. The minimum atomic E-state index is 0. The lowest BCUT2D eigenvalue weighted by molar-refractivity contribution is -0.128. The summed E-state index contributed by atoms with van der Waals surface area (Å²) in [5.74, 6) is 1.13. The Kier molecular flexibility index (Phi) is 10.2. The Morgan fingerprint density at radius 1 is 1.03 bits per heavy atom. The lowest BCUT2D eigenvalue weighted by Crippen LogP contribution is -2.48. The molecular formula is C27H38IN5O. The van der Waals surface area contributed by atoms with E-state index in [0.717, 1.165) is 51.4 Å². The maximum atomic E-state index is 11.9. The molecule has 2 N–H and O–H groups in total. The van der Waals surface area contributed by atoms with Crippen LogP contribution < -0.4 is 10.6 Å². The van der Waals surface area contributed by atoms with Gasteiger partial charge in [0.15, 0.2) is 5.96 Å². The molecule has 0 atom stereocenters. The van der Waals surface area contributed by atoms with Gasteiger partial charge >= 0.3 is 0 Å². The number of halogens is 1. The first-order chi connectivity index (χ1) is 16.1. The van der Waals surface area contributed by atoms with Gasteiger partial charge in [0.05, 0.1) is 0 Å². The zero-order chi connectivity index (χ0) is 23.0. The Labute approximate surface area is 221 Å². The molecule has 0 radical (unpaired) electrons. The highest BCUT2D eigenvalue weighted by molar-refractivity contribution is 14.0. The molecule has 2 aromatic carbocycles. The van der Waals surface area contributed by atoms with Gasteiger partial charge in [0.2, 0.25) is 5.91 Å². The molecule has 2 fully saturated rings. The van der Waals surface area contributed by atoms with Crippen LogP contribution in [-0.4, -0.2) is 54.4 Å². The van der Waals surface area contributed by atoms with Gasteiger partial charge < -0.3 is 15.5 Å². The number of guanidine groups is 1. The molecule has 2 aromatic rings. The third-order valence-electron chi connectivity index (χ3n) is 6.80. The van der Waals surface area contributed by atoms with Crippen LogP contribution in [0.2, 0.25) is 0 Å². The van der Waals surface area contributed by atoms with E-state index in [1.54, 1.807) is 0 Å². The molecule has 6 nitrogen and oxygen atoms in total. The van der Waals surface area contributed by atoms with Gasteiger partial charge in [0, 0.05) is 58.8 Å². The molecule has 2 aliphatic rings. The second kappa shape index (κ2) is 13.1. The van der Waals surface area contributed by atoms with Crippen molar-refractivity contribution < 1.29 is 4.79 Å². The molecule has 0 bridgehead atoms. The van der Waals surface area contributed by atoms with Gasteiger partial charge in [0.25, 0.3) is 0 Å². The number of carbonyl (C=O) groups excluding carboxylic acids is 1. The lowest BCUT2D eigenvalue weighted by atomic mass is 10.0. The number of likely N-dealkylation sites (tertiary alicyclic amines) is 2.